The van der Waals surface area contributed by atoms with Crippen molar-refractivity contribution in [2.75, 3.05) is 19.7 Å². The van der Waals surface area contributed by atoms with Gasteiger partial charge in [-0.15, -0.1) is 0 Å². The molecule has 0 spiro atoms. The van der Waals surface area contributed by atoms with E-state index in [0.717, 1.165) is 24.0 Å². The molecule has 0 aliphatic heterocycles. The van der Waals surface area contributed by atoms with Crippen LogP contribution in [0.25, 0.3) is 0 Å². The molecule has 7 nitrogen and oxygen atoms in total. The molecule has 0 aliphatic carbocycles. The molecule has 10 heteroatoms. The molecule has 0 unspecified atom stereocenters. The maximum Gasteiger partial charge on any atom is 1.00 e. The summed E-state index contributed by atoms with van der Waals surface area (Å²) >= 11 is 5.95. The van der Waals surface area contributed by atoms with Gasteiger partial charge in [-0.1, -0.05) is 41.9 Å². The van der Waals surface area contributed by atoms with Gasteiger partial charge in [0.05, 0.1) is 21.9 Å². The van der Waals surface area contributed by atoms with Gasteiger partial charge in [-0.05, 0) is 73.0 Å². The number of aliphatic hydroxyl groups excluding tert-OH is 1. The number of aryl methyl sites for hydroxylation is 1. The number of hydrogen-bond acceptors (Lipinski definition) is 7. The minimum atomic E-state index is -3.78. The van der Waals surface area contributed by atoms with E-state index in [1.165, 1.54) is 24.3 Å². The third kappa shape index (κ3) is 8.91. The number of nitrogens with one attached hydrogen (secondary N) is 1. The fourth-order valence-corrected chi connectivity index (χ4v) is 4.83. The Kier molecular flexibility index (Phi) is 11.7. The van der Waals surface area contributed by atoms with Gasteiger partial charge in [0.2, 0.25) is 9.84 Å². The van der Waals surface area contributed by atoms with Crippen LogP contribution in [0.2, 0.25) is 5.02 Å². The number of carbonyl (C=O) groups excluding carboxylic acids is 1. The summed E-state index contributed by atoms with van der Waals surface area (Å²) in [5.74, 6) is -1.26. The number of benzene rings is 3. The quantitative estimate of drug-likeness (QED) is 0.243. The summed E-state index contributed by atoms with van der Waals surface area (Å²) in [6, 6.07) is 19.4. The van der Waals surface area contributed by atoms with Crippen LogP contribution in [0.3, 0.4) is 0 Å². The zero-order valence-corrected chi connectivity index (χ0v) is 22.9. The molecule has 3 rings (SSSR count). The topological polar surface area (TPSA) is 116 Å². The van der Waals surface area contributed by atoms with Crippen LogP contribution in [0.15, 0.2) is 82.6 Å². The summed E-state index contributed by atoms with van der Waals surface area (Å²) in [6.07, 6.45) is 0.909. The second kappa shape index (κ2) is 14.0. The summed E-state index contributed by atoms with van der Waals surface area (Å²) in [6.45, 7) is 0.437. The van der Waals surface area contributed by atoms with Crippen molar-refractivity contribution in [3.05, 3.63) is 88.9 Å². The van der Waals surface area contributed by atoms with Crippen molar-refractivity contribution < 1.29 is 57.7 Å². The molecule has 0 saturated carbocycles. The maximum atomic E-state index is 12.9. The minimum Gasteiger partial charge on any atom is -0.546 e. The number of rotatable bonds is 12. The Bertz CT molecular complexity index is 1220. The number of ether oxygens (including phenoxy) is 1. The number of sulfone groups is 1. The molecule has 0 aliphatic rings. The SMILES string of the molecule is O=C([O-])COc1cccc(S(=O)(=O)c2ccc(CCCNC[C@H](O)c3cccc(Cl)c3)cc2)c1.[Na+]. The van der Waals surface area contributed by atoms with Gasteiger partial charge >= 0.3 is 29.6 Å². The Labute approximate surface area is 232 Å². The maximum absolute atomic E-state index is 12.9. The van der Waals surface area contributed by atoms with E-state index in [1.54, 1.807) is 42.5 Å². The van der Waals surface area contributed by atoms with Gasteiger partial charge in [-0.25, -0.2) is 8.42 Å². The number of carbonyl (C=O) groups is 1. The van der Waals surface area contributed by atoms with Gasteiger partial charge in [0.1, 0.15) is 12.4 Å². The third-order valence-corrected chi connectivity index (χ3v) is 7.10. The van der Waals surface area contributed by atoms with E-state index < -0.39 is 28.5 Å². The fraction of sp³-hybridized carbons (Fsp3) is 0.240. The molecule has 0 amide bonds. The second-order valence-corrected chi connectivity index (χ2v) is 10.0. The number of carboxylic acids is 1. The van der Waals surface area contributed by atoms with Crippen LogP contribution in [-0.4, -0.2) is 39.2 Å². The molecule has 0 heterocycles. The zero-order chi connectivity index (χ0) is 24.6. The summed E-state index contributed by atoms with van der Waals surface area (Å²) < 4.78 is 30.8. The molecule has 0 fully saturated rings. The Morgan fingerprint density at radius 1 is 1.03 bits per heavy atom. The minimum absolute atomic E-state index is 0. The van der Waals surface area contributed by atoms with Crippen molar-refractivity contribution >= 4 is 27.4 Å². The normalized spacial score (nSPS) is 11.9. The Balaban J connectivity index is 0.00000432. The zero-order valence-electron chi connectivity index (χ0n) is 19.3. The van der Waals surface area contributed by atoms with E-state index >= 15 is 0 Å². The first-order chi connectivity index (χ1) is 16.3. The summed E-state index contributed by atoms with van der Waals surface area (Å²) in [5.41, 5.74) is 1.75. The van der Waals surface area contributed by atoms with E-state index in [1.807, 2.05) is 6.07 Å². The number of aliphatic carboxylic acids is 1. The van der Waals surface area contributed by atoms with Gasteiger partial charge in [0.15, 0.2) is 0 Å². The first kappa shape index (κ1) is 29.3. The Morgan fingerprint density at radius 3 is 2.43 bits per heavy atom. The van der Waals surface area contributed by atoms with Crippen molar-refractivity contribution in [2.24, 2.45) is 0 Å². The monoisotopic (exact) mass is 525 g/mol. The van der Waals surface area contributed by atoms with E-state index in [0.29, 0.717) is 18.1 Å². The van der Waals surface area contributed by atoms with Crippen molar-refractivity contribution in [1.82, 2.24) is 5.32 Å². The first-order valence-electron chi connectivity index (χ1n) is 10.7. The van der Waals surface area contributed by atoms with E-state index in [2.05, 4.69) is 5.32 Å². The molecule has 0 radical (unpaired) electrons. The molecule has 180 valence electrons. The summed E-state index contributed by atoms with van der Waals surface area (Å²) in [5, 5.41) is 24.6. The predicted molar refractivity (Wildman–Crippen MR) is 126 cm³/mol. The number of halogens is 1. The van der Waals surface area contributed by atoms with Crippen LogP contribution >= 0.6 is 11.6 Å². The largest absolute Gasteiger partial charge is 1.00 e. The summed E-state index contributed by atoms with van der Waals surface area (Å²) in [4.78, 5) is 10.7. The molecule has 2 N–H and O–H groups in total. The molecular weight excluding hydrogens is 501 g/mol. The van der Waals surface area contributed by atoms with Gasteiger partial charge in [-0.2, -0.15) is 0 Å². The average Bonchev–Trinajstić information content (AvgIpc) is 2.83. The van der Waals surface area contributed by atoms with Gasteiger partial charge in [0.25, 0.3) is 0 Å². The second-order valence-electron chi connectivity index (χ2n) is 7.66. The number of carboxylic acid groups (broad SMARTS) is 1. The van der Waals surface area contributed by atoms with Crippen LogP contribution in [-0.2, 0) is 21.1 Å². The van der Waals surface area contributed by atoms with Crippen molar-refractivity contribution in [3.8, 4) is 5.75 Å². The predicted octanol–water partition coefficient (Wildman–Crippen LogP) is -0.439. The Hall–Kier alpha value is -1.91. The van der Waals surface area contributed by atoms with E-state index in [-0.39, 0.29) is 45.1 Å². The molecule has 0 bridgehead atoms. The van der Waals surface area contributed by atoms with Crippen LogP contribution in [0.1, 0.15) is 23.7 Å². The molecule has 3 aromatic rings. The smallest absolute Gasteiger partial charge is 0.546 e. The fourth-order valence-electron chi connectivity index (χ4n) is 3.33. The van der Waals surface area contributed by atoms with E-state index in [4.69, 9.17) is 16.3 Å². The first-order valence-corrected chi connectivity index (χ1v) is 12.5. The Morgan fingerprint density at radius 2 is 1.74 bits per heavy atom. The average molecular weight is 526 g/mol. The van der Waals surface area contributed by atoms with E-state index in [9.17, 15) is 23.4 Å². The van der Waals surface area contributed by atoms with Crippen LogP contribution in [0.5, 0.6) is 5.75 Å². The molecule has 3 aromatic carbocycles. The van der Waals surface area contributed by atoms with Crippen LogP contribution in [0.4, 0.5) is 0 Å². The molecule has 0 saturated heterocycles. The van der Waals surface area contributed by atoms with Crippen molar-refractivity contribution in [3.63, 3.8) is 0 Å². The van der Waals surface area contributed by atoms with Gasteiger partial charge in [-0.3, -0.25) is 0 Å². The number of hydrogen-bond donors (Lipinski definition) is 2. The van der Waals surface area contributed by atoms with Crippen molar-refractivity contribution in [1.29, 1.82) is 0 Å². The molecule has 35 heavy (non-hydrogen) atoms. The summed E-state index contributed by atoms with van der Waals surface area (Å²) in [7, 11) is -3.78. The molecule has 0 aromatic heterocycles. The standard InChI is InChI=1S/C25H26ClNO6S.Na/c26-20-6-1-5-19(14-20)24(28)16-27-13-3-4-18-9-11-22(12-10-18)34(31,32)23-8-2-7-21(15-23)33-17-25(29)30;/h1-2,5-12,14-15,24,27-28H,3-4,13,16-17H2,(H,29,30);/q;+1/p-1/t24-;/m0./s1. The number of aliphatic hydroxyl groups is 1. The third-order valence-electron chi connectivity index (χ3n) is 5.10. The molecular formula is C25H25ClNNaO6S. The van der Waals surface area contributed by atoms with Gasteiger partial charge < -0.3 is 25.1 Å². The van der Waals surface area contributed by atoms with Crippen LogP contribution < -0.4 is 44.7 Å². The molecule has 1 atom stereocenters. The van der Waals surface area contributed by atoms with Crippen molar-refractivity contribution in [2.45, 2.75) is 28.7 Å². The van der Waals surface area contributed by atoms with Gasteiger partial charge in [0, 0.05) is 11.6 Å². The van der Waals surface area contributed by atoms with Crippen LogP contribution in [0, 0.1) is 0 Å².